The number of benzene rings is 2. The van der Waals surface area contributed by atoms with Gasteiger partial charge in [0.25, 0.3) is 5.91 Å². The monoisotopic (exact) mass is 358 g/mol. The summed E-state index contributed by atoms with van der Waals surface area (Å²) in [6, 6.07) is 14.3. The van der Waals surface area contributed by atoms with Gasteiger partial charge in [0.05, 0.1) is 12.8 Å². The summed E-state index contributed by atoms with van der Waals surface area (Å²) in [4.78, 5) is 12.0. The van der Waals surface area contributed by atoms with Gasteiger partial charge in [0.15, 0.2) is 0 Å². The number of ether oxygens (including phenoxy) is 1. The lowest BCUT2D eigenvalue weighted by molar-refractivity contribution is 0.0955. The number of hydrogen-bond acceptors (Lipinski definition) is 3. The Hall–Kier alpha value is -2.33. The van der Waals surface area contributed by atoms with Gasteiger partial charge in [-0.05, 0) is 36.8 Å². The summed E-state index contributed by atoms with van der Waals surface area (Å²) in [5.41, 5.74) is 3.80. The van der Waals surface area contributed by atoms with Gasteiger partial charge in [-0.1, -0.05) is 56.0 Å². The summed E-state index contributed by atoms with van der Waals surface area (Å²) < 4.78 is 5.82. The maximum Gasteiger partial charge on any atom is 0.271 e. The van der Waals surface area contributed by atoms with Gasteiger partial charge in [0.1, 0.15) is 5.75 Å². The molecular formula is C20H23ClN2O2. The summed E-state index contributed by atoms with van der Waals surface area (Å²) in [5.74, 6) is 0.444. The number of halogens is 1. The average molecular weight is 359 g/mol. The van der Waals surface area contributed by atoms with Gasteiger partial charge < -0.3 is 4.74 Å². The van der Waals surface area contributed by atoms with E-state index in [1.165, 1.54) is 12.8 Å². The Labute approximate surface area is 153 Å². The van der Waals surface area contributed by atoms with Crippen LogP contribution in [0.2, 0.25) is 5.02 Å². The van der Waals surface area contributed by atoms with Crippen molar-refractivity contribution in [2.24, 2.45) is 5.10 Å². The van der Waals surface area contributed by atoms with E-state index in [1.807, 2.05) is 12.1 Å². The smallest absolute Gasteiger partial charge is 0.271 e. The second-order valence-corrected chi connectivity index (χ2v) is 6.09. The minimum Gasteiger partial charge on any atom is -0.493 e. The molecule has 0 aliphatic carbocycles. The standard InChI is InChI=1S/C20H23ClN2O2/c1-2-3-4-8-13-25-19-12-11-18(21)14-17(19)15-22-23-20(24)16-9-6-5-7-10-16/h5-7,9-12,14-15H,2-4,8,13H2,1H3,(H,23,24)/b22-15+. The lowest BCUT2D eigenvalue weighted by Crippen LogP contribution is -2.17. The maximum atomic E-state index is 12.0. The van der Waals surface area contributed by atoms with E-state index in [9.17, 15) is 4.79 Å². The van der Waals surface area contributed by atoms with Crippen molar-refractivity contribution in [2.45, 2.75) is 32.6 Å². The zero-order chi connectivity index (χ0) is 17.9. The van der Waals surface area contributed by atoms with Gasteiger partial charge in [-0.15, -0.1) is 0 Å². The van der Waals surface area contributed by atoms with E-state index in [2.05, 4.69) is 17.5 Å². The summed E-state index contributed by atoms with van der Waals surface area (Å²) >= 11 is 6.05. The average Bonchev–Trinajstić information content (AvgIpc) is 2.63. The molecule has 0 aliphatic heterocycles. The molecule has 0 fully saturated rings. The number of amides is 1. The van der Waals surface area contributed by atoms with Crippen molar-refractivity contribution in [1.82, 2.24) is 5.43 Å². The Balaban J connectivity index is 1.95. The van der Waals surface area contributed by atoms with Crippen LogP contribution in [0.5, 0.6) is 5.75 Å². The largest absolute Gasteiger partial charge is 0.493 e. The summed E-state index contributed by atoms with van der Waals surface area (Å²) in [6.07, 6.45) is 6.12. The molecule has 2 aromatic carbocycles. The van der Waals surface area contributed by atoms with Gasteiger partial charge in [-0.3, -0.25) is 4.79 Å². The summed E-state index contributed by atoms with van der Waals surface area (Å²) in [6.45, 7) is 2.83. The van der Waals surface area contributed by atoms with Gasteiger partial charge in [0, 0.05) is 16.1 Å². The van der Waals surface area contributed by atoms with Crippen LogP contribution in [0.3, 0.4) is 0 Å². The molecule has 0 spiro atoms. The van der Waals surface area contributed by atoms with Crippen LogP contribution in [0.25, 0.3) is 0 Å². The topological polar surface area (TPSA) is 50.7 Å². The van der Waals surface area contributed by atoms with E-state index in [0.29, 0.717) is 22.9 Å². The highest BCUT2D eigenvalue weighted by Crippen LogP contribution is 2.21. The van der Waals surface area contributed by atoms with E-state index in [0.717, 1.165) is 18.4 Å². The molecular weight excluding hydrogens is 336 g/mol. The van der Waals surface area contributed by atoms with E-state index >= 15 is 0 Å². The zero-order valence-corrected chi connectivity index (χ0v) is 15.1. The zero-order valence-electron chi connectivity index (χ0n) is 14.4. The Kier molecular flexibility index (Phi) is 7.99. The third-order valence-corrected chi connectivity index (χ3v) is 3.87. The number of nitrogens with one attached hydrogen (secondary N) is 1. The lowest BCUT2D eigenvalue weighted by atomic mass is 10.2. The number of nitrogens with zero attached hydrogens (tertiary/aromatic N) is 1. The number of unbranched alkanes of at least 4 members (excludes halogenated alkanes) is 3. The molecule has 2 aromatic rings. The Morgan fingerprint density at radius 3 is 2.72 bits per heavy atom. The quantitative estimate of drug-likeness (QED) is 0.387. The molecule has 1 N–H and O–H groups in total. The van der Waals surface area contributed by atoms with Crippen molar-refractivity contribution in [3.8, 4) is 5.75 Å². The van der Waals surface area contributed by atoms with Crippen LogP contribution in [0.4, 0.5) is 0 Å². The van der Waals surface area contributed by atoms with Gasteiger partial charge >= 0.3 is 0 Å². The number of carbonyl (C=O) groups excluding carboxylic acids is 1. The number of hydrogen-bond donors (Lipinski definition) is 1. The van der Waals surface area contributed by atoms with Crippen LogP contribution >= 0.6 is 11.6 Å². The van der Waals surface area contributed by atoms with Gasteiger partial charge in [-0.2, -0.15) is 5.10 Å². The SMILES string of the molecule is CCCCCCOc1ccc(Cl)cc1/C=N/NC(=O)c1ccccc1. The molecule has 2 rings (SSSR count). The first-order valence-electron chi connectivity index (χ1n) is 8.51. The van der Waals surface area contributed by atoms with Crippen LogP contribution in [0.1, 0.15) is 48.5 Å². The molecule has 0 saturated carbocycles. The fraction of sp³-hybridized carbons (Fsp3) is 0.300. The highest BCUT2D eigenvalue weighted by molar-refractivity contribution is 6.30. The number of rotatable bonds is 9. The second kappa shape index (κ2) is 10.5. The van der Waals surface area contributed by atoms with Crippen LogP contribution < -0.4 is 10.2 Å². The molecule has 0 saturated heterocycles. The summed E-state index contributed by atoms with van der Waals surface area (Å²) in [7, 11) is 0. The number of carbonyl (C=O) groups is 1. The van der Waals surface area contributed by atoms with Crippen LogP contribution in [-0.4, -0.2) is 18.7 Å². The van der Waals surface area contributed by atoms with E-state index in [-0.39, 0.29) is 5.91 Å². The van der Waals surface area contributed by atoms with Crippen LogP contribution in [0.15, 0.2) is 53.6 Å². The number of hydrazone groups is 1. The normalized spacial score (nSPS) is 10.8. The molecule has 5 heteroatoms. The molecule has 4 nitrogen and oxygen atoms in total. The van der Waals surface area contributed by atoms with E-state index < -0.39 is 0 Å². The molecule has 132 valence electrons. The molecule has 0 unspecified atom stereocenters. The van der Waals surface area contributed by atoms with Crippen LogP contribution in [0, 0.1) is 0 Å². The summed E-state index contributed by atoms with van der Waals surface area (Å²) in [5, 5.41) is 4.61. The van der Waals surface area contributed by atoms with Gasteiger partial charge in [0.2, 0.25) is 0 Å². The first-order chi connectivity index (χ1) is 12.2. The molecule has 0 heterocycles. The Morgan fingerprint density at radius 1 is 1.16 bits per heavy atom. The first kappa shape index (κ1) is 19.0. The fourth-order valence-electron chi connectivity index (χ4n) is 2.28. The third-order valence-electron chi connectivity index (χ3n) is 3.63. The highest BCUT2D eigenvalue weighted by Gasteiger charge is 2.05. The first-order valence-corrected chi connectivity index (χ1v) is 8.89. The molecule has 0 radical (unpaired) electrons. The molecule has 0 aromatic heterocycles. The molecule has 1 amide bonds. The van der Waals surface area contributed by atoms with Gasteiger partial charge in [-0.25, -0.2) is 5.43 Å². The Bertz CT molecular complexity index is 702. The predicted molar refractivity (Wildman–Crippen MR) is 103 cm³/mol. The minimum absolute atomic E-state index is 0.263. The Morgan fingerprint density at radius 2 is 1.96 bits per heavy atom. The van der Waals surface area contributed by atoms with E-state index in [1.54, 1.807) is 42.6 Å². The van der Waals surface area contributed by atoms with Crippen molar-refractivity contribution >= 4 is 23.7 Å². The predicted octanol–water partition coefficient (Wildman–Crippen LogP) is 5.06. The van der Waals surface area contributed by atoms with Crippen LogP contribution in [-0.2, 0) is 0 Å². The maximum absolute atomic E-state index is 12.0. The second-order valence-electron chi connectivity index (χ2n) is 5.66. The molecule has 25 heavy (non-hydrogen) atoms. The molecule has 0 atom stereocenters. The molecule has 0 bridgehead atoms. The fourth-order valence-corrected chi connectivity index (χ4v) is 2.46. The minimum atomic E-state index is -0.263. The van der Waals surface area contributed by atoms with Crippen molar-refractivity contribution in [1.29, 1.82) is 0 Å². The van der Waals surface area contributed by atoms with Crippen molar-refractivity contribution in [2.75, 3.05) is 6.61 Å². The lowest BCUT2D eigenvalue weighted by Gasteiger charge is -2.09. The highest BCUT2D eigenvalue weighted by atomic mass is 35.5. The van der Waals surface area contributed by atoms with Crippen molar-refractivity contribution < 1.29 is 9.53 Å². The van der Waals surface area contributed by atoms with Crippen molar-refractivity contribution in [3.05, 3.63) is 64.7 Å². The van der Waals surface area contributed by atoms with Crippen molar-refractivity contribution in [3.63, 3.8) is 0 Å². The van der Waals surface area contributed by atoms with E-state index in [4.69, 9.17) is 16.3 Å². The third kappa shape index (κ3) is 6.59. The molecule has 0 aliphatic rings.